The van der Waals surface area contributed by atoms with E-state index in [9.17, 15) is 4.79 Å². The summed E-state index contributed by atoms with van der Waals surface area (Å²) in [5, 5.41) is 3.05. The summed E-state index contributed by atoms with van der Waals surface area (Å²) in [6.45, 7) is 9.56. The van der Waals surface area contributed by atoms with Crippen LogP contribution in [0, 0.1) is 5.92 Å². The lowest BCUT2D eigenvalue weighted by Crippen LogP contribution is -2.38. The maximum Gasteiger partial charge on any atom is 0.190 e. The van der Waals surface area contributed by atoms with Gasteiger partial charge in [0.1, 0.15) is 4.99 Å². The summed E-state index contributed by atoms with van der Waals surface area (Å²) in [5.41, 5.74) is 0. The highest BCUT2D eigenvalue weighted by atomic mass is 32.1. The summed E-state index contributed by atoms with van der Waals surface area (Å²) in [7, 11) is 0. The van der Waals surface area contributed by atoms with E-state index in [1.165, 1.54) is 0 Å². The van der Waals surface area contributed by atoms with Crippen molar-refractivity contribution in [2.75, 3.05) is 39.4 Å². The second kappa shape index (κ2) is 8.56. The van der Waals surface area contributed by atoms with Gasteiger partial charge in [-0.2, -0.15) is 0 Å². The summed E-state index contributed by atoms with van der Waals surface area (Å²) in [6, 6.07) is 0. The fourth-order valence-corrected chi connectivity index (χ4v) is 2.08. The van der Waals surface area contributed by atoms with Crippen LogP contribution in [-0.2, 0) is 9.53 Å². The van der Waals surface area contributed by atoms with Crippen molar-refractivity contribution in [2.24, 2.45) is 5.92 Å². The molecule has 0 amide bonds. The standard InChI is InChI=1S/C13H24N2O2S/c1-11(2)10-12(16)13(18)14-4-3-5-15-6-8-17-9-7-15/h11H,3-10H2,1-2H3,(H,14,18). The summed E-state index contributed by atoms with van der Waals surface area (Å²) >= 11 is 5.07. The number of carbonyl (C=O) groups is 1. The van der Waals surface area contributed by atoms with Gasteiger partial charge in [-0.25, -0.2) is 0 Å². The van der Waals surface area contributed by atoms with Crippen LogP contribution in [0.1, 0.15) is 26.7 Å². The zero-order chi connectivity index (χ0) is 13.4. The van der Waals surface area contributed by atoms with Gasteiger partial charge in [0.15, 0.2) is 5.78 Å². The molecule has 0 unspecified atom stereocenters. The summed E-state index contributed by atoms with van der Waals surface area (Å²) in [4.78, 5) is 14.4. The topological polar surface area (TPSA) is 41.6 Å². The van der Waals surface area contributed by atoms with E-state index >= 15 is 0 Å². The highest BCUT2D eigenvalue weighted by molar-refractivity contribution is 7.82. The zero-order valence-electron chi connectivity index (χ0n) is 11.4. The van der Waals surface area contributed by atoms with Crippen LogP contribution in [0.15, 0.2) is 0 Å². The third-order valence-corrected chi connectivity index (χ3v) is 3.26. The van der Waals surface area contributed by atoms with Crippen LogP contribution >= 0.6 is 12.2 Å². The first-order valence-corrected chi connectivity index (χ1v) is 7.11. The van der Waals surface area contributed by atoms with Gasteiger partial charge in [-0.15, -0.1) is 0 Å². The van der Waals surface area contributed by atoms with Crippen LogP contribution in [0.25, 0.3) is 0 Å². The molecule has 18 heavy (non-hydrogen) atoms. The molecular weight excluding hydrogens is 248 g/mol. The highest BCUT2D eigenvalue weighted by Gasteiger charge is 2.12. The number of morpholine rings is 1. The fourth-order valence-electron chi connectivity index (χ4n) is 1.89. The summed E-state index contributed by atoms with van der Waals surface area (Å²) in [5.74, 6) is 0.428. The lowest BCUT2D eigenvalue weighted by atomic mass is 10.1. The molecule has 1 saturated heterocycles. The number of carbonyl (C=O) groups excluding carboxylic acids is 1. The number of hydrogen-bond acceptors (Lipinski definition) is 4. The van der Waals surface area contributed by atoms with Crippen molar-refractivity contribution < 1.29 is 9.53 Å². The van der Waals surface area contributed by atoms with E-state index in [2.05, 4.69) is 10.2 Å². The van der Waals surface area contributed by atoms with Crippen molar-refractivity contribution in [3.63, 3.8) is 0 Å². The van der Waals surface area contributed by atoms with Gasteiger partial charge < -0.3 is 10.1 Å². The Morgan fingerprint density at radius 2 is 2.06 bits per heavy atom. The predicted octanol–water partition coefficient (Wildman–Crippen LogP) is 1.24. The molecule has 1 fully saturated rings. The SMILES string of the molecule is CC(C)CC(=O)C(=S)NCCCN1CCOCC1. The third-order valence-electron chi connectivity index (χ3n) is 2.89. The van der Waals surface area contributed by atoms with Crippen LogP contribution in [0.5, 0.6) is 0 Å². The van der Waals surface area contributed by atoms with Crippen LogP contribution in [0.2, 0.25) is 0 Å². The Hall–Kier alpha value is -0.520. The van der Waals surface area contributed by atoms with Crippen molar-refractivity contribution >= 4 is 23.0 Å². The van der Waals surface area contributed by atoms with Crippen molar-refractivity contribution in [1.82, 2.24) is 10.2 Å². The van der Waals surface area contributed by atoms with Crippen molar-refractivity contribution in [3.05, 3.63) is 0 Å². The molecule has 1 aliphatic heterocycles. The van der Waals surface area contributed by atoms with E-state index < -0.39 is 0 Å². The Labute approximate surface area is 115 Å². The molecule has 4 nitrogen and oxygen atoms in total. The number of ether oxygens (including phenoxy) is 1. The van der Waals surface area contributed by atoms with Gasteiger partial charge in [-0.3, -0.25) is 9.69 Å². The van der Waals surface area contributed by atoms with Gasteiger partial charge in [-0.05, 0) is 18.9 Å². The number of rotatable bonds is 7. The molecule has 0 saturated carbocycles. The second-order valence-corrected chi connectivity index (χ2v) is 5.49. The van der Waals surface area contributed by atoms with Gasteiger partial charge in [-0.1, -0.05) is 26.1 Å². The maximum atomic E-state index is 11.6. The molecule has 0 aromatic carbocycles. The van der Waals surface area contributed by atoms with E-state index in [0.717, 1.165) is 45.8 Å². The van der Waals surface area contributed by atoms with E-state index in [0.29, 0.717) is 17.3 Å². The lowest BCUT2D eigenvalue weighted by Gasteiger charge is -2.26. The predicted molar refractivity (Wildman–Crippen MR) is 76.9 cm³/mol. The molecule has 1 N–H and O–H groups in total. The molecule has 1 rings (SSSR count). The smallest absolute Gasteiger partial charge is 0.190 e. The van der Waals surface area contributed by atoms with Gasteiger partial charge in [0.05, 0.1) is 13.2 Å². The van der Waals surface area contributed by atoms with Crippen LogP contribution in [-0.4, -0.2) is 55.1 Å². The monoisotopic (exact) mass is 272 g/mol. The van der Waals surface area contributed by atoms with Crippen molar-refractivity contribution in [3.8, 4) is 0 Å². The first kappa shape index (κ1) is 15.5. The second-order valence-electron chi connectivity index (χ2n) is 5.08. The van der Waals surface area contributed by atoms with Crippen molar-refractivity contribution in [1.29, 1.82) is 0 Å². The highest BCUT2D eigenvalue weighted by Crippen LogP contribution is 2.01. The lowest BCUT2D eigenvalue weighted by molar-refractivity contribution is -0.113. The minimum atomic E-state index is 0.0615. The quantitative estimate of drug-likeness (QED) is 0.558. The Morgan fingerprint density at radius 1 is 1.39 bits per heavy atom. The van der Waals surface area contributed by atoms with E-state index in [4.69, 9.17) is 17.0 Å². The minimum absolute atomic E-state index is 0.0615. The van der Waals surface area contributed by atoms with Crippen LogP contribution in [0.3, 0.4) is 0 Å². The molecule has 104 valence electrons. The largest absolute Gasteiger partial charge is 0.379 e. The minimum Gasteiger partial charge on any atom is -0.379 e. The Morgan fingerprint density at radius 3 is 2.67 bits per heavy atom. The van der Waals surface area contributed by atoms with Crippen LogP contribution in [0.4, 0.5) is 0 Å². The molecule has 0 spiro atoms. The summed E-state index contributed by atoms with van der Waals surface area (Å²) in [6.07, 6.45) is 1.55. The molecule has 1 aliphatic rings. The Balaban J connectivity index is 2.06. The number of nitrogens with one attached hydrogen (secondary N) is 1. The Kier molecular flexibility index (Phi) is 7.39. The number of Topliss-reactive ketones (excluding diaryl/α,β-unsaturated/α-hetero) is 1. The normalized spacial score (nSPS) is 16.8. The molecule has 0 aromatic heterocycles. The number of thiocarbonyl (C=S) groups is 1. The average Bonchev–Trinajstić information content (AvgIpc) is 2.34. The molecule has 1 heterocycles. The molecule has 0 radical (unpaired) electrons. The fraction of sp³-hybridized carbons (Fsp3) is 0.846. The first-order valence-electron chi connectivity index (χ1n) is 6.70. The number of hydrogen-bond donors (Lipinski definition) is 1. The molecule has 5 heteroatoms. The molecule has 0 atom stereocenters. The van der Waals surface area contributed by atoms with E-state index in [1.54, 1.807) is 0 Å². The van der Waals surface area contributed by atoms with Gasteiger partial charge in [0.25, 0.3) is 0 Å². The zero-order valence-corrected chi connectivity index (χ0v) is 12.2. The van der Waals surface area contributed by atoms with E-state index in [-0.39, 0.29) is 5.78 Å². The maximum absolute atomic E-state index is 11.6. The molecule has 0 aliphatic carbocycles. The first-order chi connectivity index (χ1) is 8.59. The van der Waals surface area contributed by atoms with Crippen molar-refractivity contribution in [2.45, 2.75) is 26.7 Å². The molecule has 0 bridgehead atoms. The number of nitrogens with zero attached hydrogens (tertiary/aromatic N) is 1. The molecular formula is C13H24N2O2S. The van der Waals surface area contributed by atoms with Gasteiger partial charge in [0.2, 0.25) is 0 Å². The molecule has 0 aromatic rings. The van der Waals surface area contributed by atoms with Gasteiger partial charge in [0, 0.05) is 26.1 Å². The number of ketones is 1. The van der Waals surface area contributed by atoms with E-state index in [1.807, 2.05) is 13.8 Å². The van der Waals surface area contributed by atoms with Crippen LogP contribution < -0.4 is 5.32 Å². The van der Waals surface area contributed by atoms with Gasteiger partial charge >= 0.3 is 0 Å². The average molecular weight is 272 g/mol. The summed E-state index contributed by atoms with van der Waals surface area (Å²) < 4.78 is 5.29. The third kappa shape index (κ3) is 6.42. The Bertz CT molecular complexity index is 276.